The lowest BCUT2D eigenvalue weighted by atomic mass is 9.94. The Morgan fingerprint density at radius 1 is 1.18 bits per heavy atom. The van der Waals surface area contributed by atoms with Gasteiger partial charge in [0.2, 0.25) is 0 Å². The normalized spacial score (nSPS) is 15.0. The van der Waals surface area contributed by atoms with Gasteiger partial charge in [-0.25, -0.2) is 4.79 Å². The first kappa shape index (κ1) is 21.7. The summed E-state index contributed by atoms with van der Waals surface area (Å²) in [4.78, 5) is 26.2. The van der Waals surface area contributed by atoms with Gasteiger partial charge >= 0.3 is 6.03 Å². The van der Waals surface area contributed by atoms with Gasteiger partial charge in [-0.15, -0.1) is 12.4 Å². The Labute approximate surface area is 172 Å². The Bertz CT molecular complexity index is 854. The standard InChI is InChI=1S/C21H26N4O2.ClH/c1-14-8-9-18(24-21(27)25(2)3)17(12-14)20(26)23-13-19-16-7-5-4-6-15(16)10-11-22-19;/h4-9,12,19,22H,10-11,13H2,1-3H3,(H,23,26)(H,24,27);1H. The van der Waals surface area contributed by atoms with E-state index < -0.39 is 0 Å². The molecule has 6 nitrogen and oxygen atoms in total. The summed E-state index contributed by atoms with van der Waals surface area (Å²) in [5.41, 5.74) is 4.49. The number of fused-ring (bicyclic) bond motifs is 1. The van der Waals surface area contributed by atoms with Gasteiger partial charge in [0.15, 0.2) is 0 Å². The van der Waals surface area contributed by atoms with E-state index in [1.54, 1.807) is 26.2 Å². The number of hydrogen-bond acceptors (Lipinski definition) is 3. The van der Waals surface area contributed by atoms with Gasteiger partial charge in [-0.2, -0.15) is 0 Å². The highest BCUT2D eigenvalue weighted by Gasteiger charge is 2.21. The average Bonchev–Trinajstić information content (AvgIpc) is 2.67. The van der Waals surface area contributed by atoms with Gasteiger partial charge in [-0.1, -0.05) is 35.9 Å². The molecule has 0 spiro atoms. The number of urea groups is 1. The summed E-state index contributed by atoms with van der Waals surface area (Å²) >= 11 is 0. The van der Waals surface area contributed by atoms with Crippen molar-refractivity contribution < 1.29 is 9.59 Å². The lowest BCUT2D eigenvalue weighted by Gasteiger charge is -2.27. The van der Waals surface area contributed by atoms with Crippen LogP contribution in [-0.4, -0.2) is 44.0 Å². The maximum atomic E-state index is 12.8. The first-order valence-electron chi connectivity index (χ1n) is 9.14. The maximum absolute atomic E-state index is 12.8. The van der Waals surface area contributed by atoms with Gasteiger partial charge in [-0.3, -0.25) is 4.79 Å². The number of hydrogen-bond donors (Lipinski definition) is 3. The molecule has 1 atom stereocenters. The van der Waals surface area contributed by atoms with E-state index in [4.69, 9.17) is 0 Å². The number of nitrogens with zero attached hydrogens (tertiary/aromatic N) is 1. The van der Waals surface area contributed by atoms with Crippen molar-refractivity contribution in [3.63, 3.8) is 0 Å². The number of benzene rings is 2. The molecule has 0 radical (unpaired) electrons. The van der Waals surface area contributed by atoms with Gasteiger partial charge in [0.1, 0.15) is 0 Å². The van der Waals surface area contributed by atoms with E-state index in [-0.39, 0.29) is 30.4 Å². The van der Waals surface area contributed by atoms with Gasteiger partial charge in [0, 0.05) is 26.7 Å². The lowest BCUT2D eigenvalue weighted by Crippen LogP contribution is -2.39. The van der Waals surface area contributed by atoms with Crippen LogP contribution in [0.2, 0.25) is 0 Å². The molecule has 3 amide bonds. The second kappa shape index (κ2) is 9.57. The van der Waals surface area contributed by atoms with Crippen LogP contribution in [0.4, 0.5) is 10.5 Å². The number of rotatable bonds is 4. The van der Waals surface area contributed by atoms with E-state index in [2.05, 4.69) is 28.1 Å². The van der Waals surface area contributed by atoms with E-state index in [9.17, 15) is 9.59 Å². The third-order valence-electron chi connectivity index (χ3n) is 4.75. The Balaban J connectivity index is 0.00000280. The molecule has 2 aromatic rings. The number of carbonyl (C=O) groups is 2. The van der Waals surface area contributed by atoms with Gasteiger partial charge in [0.25, 0.3) is 5.91 Å². The van der Waals surface area contributed by atoms with E-state index in [0.717, 1.165) is 18.5 Å². The molecule has 3 N–H and O–H groups in total. The zero-order valence-electron chi connectivity index (χ0n) is 16.4. The van der Waals surface area contributed by atoms with E-state index >= 15 is 0 Å². The molecule has 1 heterocycles. The number of anilines is 1. The number of halogens is 1. The fourth-order valence-electron chi connectivity index (χ4n) is 3.25. The zero-order chi connectivity index (χ0) is 19.4. The van der Waals surface area contributed by atoms with Crippen LogP contribution >= 0.6 is 12.4 Å². The average molecular weight is 403 g/mol. The molecule has 150 valence electrons. The van der Waals surface area contributed by atoms with Crippen molar-refractivity contribution in [3.05, 3.63) is 64.7 Å². The van der Waals surface area contributed by atoms with Gasteiger partial charge in [0.05, 0.1) is 11.3 Å². The molecule has 0 aromatic heterocycles. The summed E-state index contributed by atoms with van der Waals surface area (Å²) < 4.78 is 0. The molecule has 0 bridgehead atoms. The second-order valence-electron chi connectivity index (χ2n) is 7.04. The second-order valence-corrected chi connectivity index (χ2v) is 7.04. The van der Waals surface area contributed by atoms with Crippen LogP contribution < -0.4 is 16.0 Å². The van der Waals surface area contributed by atoms with E-state index in [1.807, 2.05) is 25.1 Å². The number of amides is 3. The molecule has 2 aromatic carbocycles. The SMILES string of the molecule is Cc1ccc(NC(=O)N(C)C)c(C(=O)NCC2NCCc3ccccc32)c1.Cl. The highest BCUT2D eigenvalue weighted by atomic mass is 35.5. The smallest absolute Gasteiger partial charge is 0.321 e. The largest absolute Gasteiger partial charge is 0.350 e. The predicted molar refractivity (Wildman–Crippen MR) is 114 cm³/mol. The number of nitrogens with one attached hydrogen (secondary N) is 3. The van der Waals surface area contributed by atoms with Crippen LogP contribution in [0, 0.1) is 6.92 Å². The van der Waals surface area contributed by atoms with Crippen molar-refractivity contribution in [3.8, 4) is 0 Å². The molecule has 0 saturated heterocycles. The summed E-state index contributed by atoms with van der Waals surface area (Å²) in [6.07, 6.45) is 0.999. The van der Waals surface area contributed by atoms with E-state index in [0.29, 0.717) is 17.8 Å². The molecular weight excluding hydrogens is 376 g/mol. The minimum absolute atomic E-state index is 0. The molecule has 0 fully saturated rings. The summed E-state index contributed by atoms with van der Waals surface area (Å²) in [5.74, 6) is -0.197. The Morgan fingerprint density at radius 3 is 2.68 bits per heavy atom. The van der Waals surface area contributed by atoms with Crippen molar-refractivity contribution in [1.82, 2.24) is 15.5 Å². The maximum Gasteiger partial charge on any atom is 0.321 e. The van der Waals surface area contributed by atoms with Gasteiger partial charge < -0.3 is 20.9 Å². The topological polar surface area (TPSA) is 73.5 Å². The van der Waals surface area contributed by atoms with Crippen molar-refractivity contribution in [2.75, 3.05) is 32.5 Å². The van der Waals surface area contributed by atoms with Crippen LogP contribution in [0.1, 0.15) is 33.1 Å². The van der Waals surface area contributed by atoms with Crippen molar-refractivity contribution in [2.45, 2.75) is 19.4 Å². The minimum Gasteiger partial charge on any atom is -0.350 e. The first-order chi connectivity index (χ1) is 13.0. The highest BCUT2D eigenvalue weighted by molar-refractivity contribution is 6.03. The Morgan fingerprint density at radius 2 is 1.93 bits per heavy atom. The monoisotopic (exact) mass is 402 g/mol. The van der Waals surface area contributed by atoms with Crippen LogP contribution in [0.15, 0.2) is 42.5 Å². The molecule has 3 rings (SSSR count). The third kappa shape index (κ3) is 5.03. The quantitative estimate of drug-likeness (QED) is 0.735. The summed E-state index contributed by atoms with van der Waals surface area (Å²) in [6, 6.07) is 13.6. The van der Waals surface area contributed by atoms with Crippen molar-refractivity contribution in [1.29, 1.82) is 0 Å². The zero-order valence-corrected chi connectivity index (χ0v) is 17.2. The molecule has 7 heteroatoms. The fraction of sp³-hybridized carbons (Fsp3) is 0.333. The van der Waals surface area contributed by atoms with Crippen LogP contribution in [0.3, 0.4) is 0 Å². The molecule has 1 aliphatic rings. The predicted octanol–water partition coefficient (Wildman–Crippen LogP) is 3.13. The fourth-order valence-corrected chi connectivity index (χ4v) is 3.25. The van der Waals surface area contributed by atoms with Crippen LogP contribution in [0.25, 0.3) is 0 Å². The van der Waals surface area contributed by atoms with Gasteiger partial charge in [-0.05, 0) is 43.1 Å². The first-order valence-corrected chi connectivity index (χ1v) is 9.14. The summed E-state index contributed by atoms with van der Waals surface area (Å²) in [5, 5.41) is 9.26. The van der Waals surface area contributed by atoms with Crippen molar-refractivity contribution in [2.24, 2.45) is 0 Å². The Kier molecular flexibility index (Phi) is 7.43. The molecule has 1 unspecified atom stereocenters. The third-order valence-corrected chi connectivity index (χ3v) is 4.75. The lowest BCUT2D eigenvalue weighted by molar-refractivity contribution is 0.0950. The molecule has 28 heavy (non-hydrogen) atoms. The molecular formula is C21H27ClN4O2. The summed E-state index contributed by atoms with van der Waals surface area (Å²) in [7, 11) is 3.32. The summed E-state index contributed by atoms with van der Waals surface area (Å²) in [6.45, 7) is 3.31. The Hall–Kier alpha value is -2.57. The van der Waals surface area contributed by atoms with Crippen molar-refractivity contribution >= 4 is 30.0 Å². The molecule has 0 saturated carbocycles. The number of aryl methyl sites for hydroxylation is 1. The highest BCUT2D eigenvalue weighted by Crippen LogP contribution is 2.23. The van der Waals surface area contributed by atoms with Crippen LogP contribution in [0.5, 0.6) is 0 Å². The minimum atomic E-state index is -0.268. The molecule has 1 aliphatic heterocycles. The van der Waals surface area contributed by atoms with Crippen LogP contribution in [-0.2, 0) is 6.42 Å². The van der Waals surface area contributed by atoms with E-state index in [1.165, 1.54) is 16.0 Å². The number of carbonyl (C=O) groups excluding carboxylic acids is 2. The molecule has 0 aliphatic carbocycles.